The van der Waals surface area contributed by atoms with Crippen LogP contribution in [-0.2, 0) is 19.6 Å². The van der Waals surface area contributed by atoms with Crippen LogP contribution in [0.1, 0.15) is 27.7 Å². The second kappa shape index (κ2) is 4.90. The minimum Gasteiger partial charge on any atom is -0.264 e. The Labute approximate surface area is 72.0 Å². The number of carbonyl (C=O) groups excluding carboxylic acids is 1. The van der Waals surface area contributed by atoms with Crippen molar-refractivity contribution < 1.29 is 19.6 Å². The smallest absolute Gasteiger partial charge is 0.264 e. The summed E-state index contributed by atoms with van der Waals surface area (Å²) in [4.78, 5) is 19.5. The number of allylic oxidation sites excluding steroid dienone is 1. The van der Waals surface area contributed by atoms with Gasteiger partial charge in [0.15, 0.2) is 0 Å². The van der Waals surface area contributed by atoms with E-state index in [1.807, 2.05) is 0 Å². The Bertz CT molecular complexity index is 166. The van der Waals surface area contributed by atoms with Crippen LogP contribution in [0.3, 0.4) is 0 Å². The van der Waals surface area contributed by atoms with Crippen LogP contribution in [-0.4, -0.2) is 11.6 Å². The normalized spacial score (nSPS) is 12.0. The number of hydrogen-bond donors (Lipinski definition) is 0. The molecule has 0 saturated carbocycles. The van der Waals surface area contributed by atoms with Gasteiger partial charge in [-0.2, -0.15) is 4.89 Å². The van der Waals surface area contributed by atoms with Gasteiger partial charge in [-0.15, -0.1) is 0 Å². The molecule has 0 spiro atoms. The fraction of sp³-hybridized carbons (Fsp3) is 0.625. The molecular weight excluding hydrogens is 160 g/mol. The molecule has 0 bridgehead atoms. The van der Waals surface area contributed by atoms with Crippen LogP contribution in [0.5, 0.6) is 0 Å². The van der Waals surface area contributed by atoms with Crippen molar-refractivity contribution >= 4 is 5.97 Å². The minimum absolute atomic E-state index is 0.490. The van der Waals surface area contributed by atoms with E-state index in [0.29, 0.717) is 0 Å². The quantitative estimate of drug-likeness (QED) is 0.371. The van der Waals surface area contributed by atoms with E-state index >= 15 is 0 Å². The average molecular weight is 174 g/mol. The number of carbonyl (C=O) groups is 1. The van der Waals surface area contributed by atoms with Crippen molar-refractivity contribution in [2.45, 2.75) is 33.3 Å². The molecule has 0 aromatic carbocycles. The molecule has 0 aliphatic rings. The van der Waals surface area contributed by atoms with Crippen LogP contribution >= 0.6 is 0 Å². The average Bonchev–Trinajstić information content (AvgIpc) is 1.84. The van der Waals surface area contributed by atoms with Crippen molar-refractivity contribution in [3.8, 4) is 0 Å². The Balaban J connectivity index is 3.51. The van der Waals surface area contributed by atoms with Crippen LogP contribution in [0.15, 0.2) is 12.2 Å². The topological polar surface area (TPSA) is 44.8 Å². The fourth-order valence-corrected chi connectivity index (χ4v) is 0.316. The van der Waals surface area contributed by atoms with E-state index in [1.54, 1.807) is 33.8 Å². The Kier molecular flexibility index (Phi) is 4.54. The molecule has 0 heterocycles. The zero-order valence-electron chi connectivity index (χ0n) is 7.79. The predicted octanol–water partition coefficient (Wildman–Crippen LogP) is 1.77. The third-order valence-electron chi connectivity index (χ3n) is 0.703. The van der Waals surface area contributed by atoms with Crippen LogP contribution in [0.25, 0.3) is 0 Å². The van der Waals surface area contributed by atoms with Gasteiger partial charge in [0, 0.05) is 6.08 Å². The van der Waals surface area contributed by atoms with E-state index in [9.17, 15) is 4.79 Å². The number of hydrogen-bond acceptors (Lipinski definition) is 4. The van der Waals surface area contributed by atoms with Crippen LogP contribution in [0, 0.1) is 0 Å². The third kappa shape index (κ3) is 7.24. The van der Waals surface area contributed by atoms with Gasteiger partial charge in [0.1, 0.15) is 0 Å². The van der Waals surface area contributed by atoms with E-state index in [1.165, 1.54) is 6.08 Å². The van der Waals surface area contributed by atoms with Gasteiger partial charge >= 0.3 is 5.97 Å². The van der Waals surface area contributed by atoms with Gasteiger partial charge in [0.2, 0.25) is 0 Å². The number of rotatable bonds is 3. The molecule has 0 unspecified atom stereocenters. The highest BCUT2D eigenvalue weighted by molar-refractivity contribution is 5.81. The van der Waals surface area contributed by atoms with Crippen molar-refractivity contribution in [2.75, 3.05) is 0 Å². The highest BCUT2D eigenvalue weighted by Gasteiger charge is 2.12. The predicted molar refractivity (Wildman–Crippen MR) is 42.8 cm³/mol. The summed E-state index contributed by atoms with van der Waals surface area (Å²) in [6, 6.07) is 0. The Morgan fingerprint density at radius 2 is 1.92 bits per heavy atom. The zero-order chi connectivity index (χ0) is 9.61. The molecule has 0 aliphatic carbocycles. The summed E-state index contributed by atoms with van der Waals surface area (Å²) < 4.78 is 0. The first-order chi connectivity index (χ1) is 5.45. The molecule has 12 heavy (non-hydrogen) atoms. The lowest BCUT2D eigenvalue weighted by Gasteiger charge is -2.14. The van der Waals surface area contributed by atoms with Gasteiger partial charge in [-0.25, -0.2) is 4.79 Å². The lowest BCUT2D eigenvalue weighted by Crippen LogP contribution is -2.20. The molecule has 0 rings (SSSR count). The highest BCUT2D eigenvalue weighted by Crippen LogP contribution is 2.06. The van der Waals surface area contributed by atoms with Crippen LogP contribution in [0.4, 0.5) is 0 Å². The maximum atomic E-state index is 10.6. The maximum Gasteiger partial charge on any atom is 0.368 e. The van der Waals surface area contributed by atoms with Crippen molar-refractivity contribution in [1.29, 1.82) is 0 Å². The first-order valence-electron chi connectivity index (χ1n) is 3.65. The van der Waals surface area contributed by atoms with E-state index in [4.69, 9.17) is 0 Å². The molecule has 0 saturated heterocycles. The van der Waals surface area contributed by atoms with Crippen LogP contribution in [0.2, 0.25) is 0 Å². The van der Waals surface area contributed by atoms with Gasteiger partial charge < -0.3 is 0 Å². The molecule has 0 fully saturated rings. The standard InChI is InChI=1S/C8H14O4/c1-5-6-7(9)10-12-11-8(2,3)4/h5-6H,1-4H3/b6-5+. The van der Waals surface area contributed by atoms with Crippen LogP contribution < -0.4 is 0 Å². The molecule has 0 aromatic rings. The van der Waals surface area contributed by atoms with Gasteiger partial charge in [-0.1, -0.05) is 6.08 Å². The summed E-state index contributed by atoms with van der Waals surface area (Å²) in [7, 11) is 0. The van der Waals surface area contributed by atoms with E-state index in [2.05, 4.69) is 14.8 Å². The summed E-state index contributed by atoms with van der Waals surface area (Å²) in [6.45, 7) is 7.02. The fourth-order valence-electron chi connectivity index (χ4n) is 0.316. The summed E-state index contributed by atoms with van der Waals surface area (Å²) >= 11 is 0. The van der Waals surface area contributed by atoms with E-state index in [0.717, 1.165) is 0 Å². The van der Waals surface area contributed by atoms with E-state index in [-0.39, 0.29) is 0 Å². The molecule has 0 radical (unpaired) electrons. The summed E-state index contributed by atoms with van der Waals surface area (Å²) in [5, 5.41) is 4.21. The van der Waals surface area contributed by atoms with Crippen molar-refractivity contribution in [3.63, 3.8) is 0 Å². The molecule has 0 aromatic heterocycles. The van der Waals surface area contributed by atoms with Crippen molar-refractivity contribution in [2.24, 2.45) is 0 Å². The van der Waals surface area contributed by atoms with Gasteiger partial charge in [-0.3, -0.25) is 4.89 Å². The van der Waals surface area contributed by atoms with Gasteiger partial charge in [-0.05, 0) is 32.7 Å². The molecule has 4 nitrogen and oxygen atoms in total. The second-order valence-corrected chi connectivity index (χ2v) is 3.17. The van der Waals surface area contributed by atoms with Gasteiger partial charge in [0.05, 0.1) is 5.60 Å². The highest BCUT2D eigenvalue weighted by atomic mass is 17.5. The molecule has 0 atom stereocenters. The Morgan fingerprint density at radius 3 is 2.33 bits per heavy atom. The first-order valence-corrected chi connectivity index (χ1v) is 3.65. The maximum absolute atomic E-state index is 10.6. The molecule has 0 amide bonds. The second-order valence-electron chi connectivity index (χ2n) is 3.17. The molecule has 0 aliphatic heterocycles. The molecule has 0 N–H and O–H groups in total. The molecule has 4 heteroatoms. The zero-order valence-corrected chi connectivity index (χ0v) is 7.79. The third-order valence-corrected chi connectivity index (χ3v) is 0.703. The summed E-state index contributed by atoms with van der Waals surface area (Å²) in [6.07, 6.45) is 2.77. The molecular formula is C8H14O4. The monoisotopic (exact) mass is 174 g/mol. The largest absolute Gasteiger partial charge is 0.368 e. The summed E-state index contributed by atoms with van der Waals surface area (Å²) in [5.74, 6) is -0.596. The lowest BCUT2D eigenvalue weighted by atomic mass is 10.2. The van der Waals surface area contributed by atoms with Crippen molar-refractivity contribution in [3.05, 3.63) is 12.2 Å². The minimum atomic E-state index is -0.596. The first kappa shape index (κ1) is 11.1. The van der Waals surface area contributed by atoms with E-state index < -0.39 is 11.6 Å². The Morgan fingerprint density at radius 1 is 1.33 bits per heavy atom. The SMILES string of the molecule is C/C=C/C(=O)OOOC(C)(C)C. The van der Waals surface area contributed by atoms with Gasteiger partial charge in [0.25, 0.3) is 0 Å². The lowest BCUT2D eigenvalue weighted by molar-refractivity contribution is -0.513. The molecule has 70 valence electrons. The van der Waals surface area contributed by atoms with Crippen molar-refractivity contribution in [1.82, 2.24) is 0 Å². The summed E-state index contributed by atoms with van der Waals surface area (Å²) in [5.41, 5.74) is -0.490. The Hall–Kier alpha value is -0.870.